The van der Waals surface area contributed by atoms with Gasteiger partial charge in [0.15, 0.2) is 6.04 Å². The van der Waals surface area contributed by atoms with Gasteiger partial charge < -0.3 is 9.80 Å². The first-order valence-electron chi connectivity index (χ1n) is 7.52. The molecule has 3 aliphatic rings. The van der Waals surface area contributed by atoms with Gasteiger partial charge in [-0.05, 0) is 31.2 Å². The number of nitrogens with zero attached hydrogens (tertiary/aromatic N) is 3. The predicted molar refractivity (Wildman–Crippen MR) is 80.6 cm³/mol. The molecule has 0 spiro atoms. The van der Waals surface area contributed by atoms with Crippen LogP contribution in [-0.4, -0.2) is 60.6 Å². The molecule has 5 heteroatoms. The average Bonchev–Trinajstić information content (AvgIpc) is 2.56. The Kier molecular flexibility index (Phi) is 3.66. The Labute approximate surface area is 125 Å². The fraction of sp³-hybridized carbons (Fsp3) is 0.500. The maximum absolute atomic E-state index is 12.5. The Bertz CT molecular complexity index is 553. The lowest BCUT2D eigenvalue weighted by molar-refractivity contribution is -0.953. The molecule has 0 aromatic heterocycles. The van der Waals surface area contributed by atoms with E-state index in [4.69, 9.17) is 5.26 Å². The first-order valence-corrected chi connectivity index (χ1v) is 7.52. The van der Waals surface area contributed by atoms with Crippen molar-refractivity contribution in [1.82, 2.24) is 4.90 Å². The maximum Gasteiger partial charge on any atom is 0.282 e. The summed E-state index contributed by atoms with van der Waals surface area (Å²) in [5.74, 6) is 0.0788. The molecule has 3 fully saturated rings. The first-order chi connectivity index (χ1) is 10.1. The van der Waals surface area contributed by atoms with E-state index in [0.717, 1.165) is 49.4 Å². The van der Waals surface area contributed by atoms with Crippen LogP contribution in [0.5, 0.6) is 0 Å². The van der Waals surface area contributed by atoms with E-state index in [0.29, 0.717) is 5.56 Å². The third-order valence-electron chi connectivity index (χ3n) is 5.07. The van der Waals surface area contributed by atoms with Crippen molar-refractivity contribution in [3.63, 3.8) is 0 Å². The lowest BCUT2D eigenvalue weighted by Gasteiger charge is -2.52. The Morgan fingerprint density at radius 1 is 1.24 bits per heavy atom. The molecule has 1 N–H and O–H groups in total. The molecule has 1 amide bonds. The van der Waals surface area contributed by atoms with E-state index in [1.807, 2.05) is 6.92 Å². The molecule has 0 radical (unpaired) electrons. The average molecular weight is 285 g/mol. The number of piperazine rings is 3. The summed E-state index contributed by atoms with van der Waals surface area (Å²) in [6.45, 7) is 8.57. The van der Waals surface area contributed by atoms with Gasteiger partial charge in [0.05, 0.1) is 31.3 Å². The van der Waals surface area contributed by atoms with Gasteiger partial charge in [-0.2, -0.15) is 5.26 Å². The number of hydrogen-bond acceptors (Lipinski definition) is 3. The van der Waals surface area contributed by atoms with Crippen LogP contribution in [0.2, 0.25) is 0 Å². The lowest BCUT2D eigenvalue weighted by Crippen LogP contribution is -2.72. The van der Waals surface area contributed by atoms with Crippen LogP contribution in [0, 0.1) is 11.3 Å². The van der Waals surface area contributed by atoms with Gasteiger partial charge in [0, 0.05) is 25.3 Å². The second-order valence-electron chi connectivity index (χ2n) is 6.09. The number of nitriles is 1. The summed E-state index contributed by atoms with van der Waals surface area (Å²) in [6.07, 6.45) is 0. The van der Waals surface area contributed by atoms with Gasteiger partial charge >= 0.3 is 0 Å². The second kappa shape index (κ2) is 5.47. The normalized spacial score (nSPS) is 28.7. The van der Waals surface area contributed by atoms with E-state index >= 15 is 0 Å². The molecule has 3 aliphatic heterocycles. The minimum atomic E-state index is -0.0249. The summed E-state index contributed by atoms with van der Waals surface area (Å²) in [6, 6.07) is 9.09. The number of anilines is 1. The molecule has 0 unspecified atom stereocenters. The van der Waals surface area contributed by atoms with E-state index in [1.54, 1.807) is 24.3 Å². The van der Waals surface area contributed by atoms with E-state index in [2.05, 4.69) is 16.3 Å². The highest BCUT2D eigenvalue weighted by atomic mass is 16.2. The molecular formula is C16H21N4O+. The molecular weight excluding hydrogens is 264 g/mol. The summed E-state index contributed by atoms with van der Waals surface area (Å²) >= 11 is 0. The van der Waals surface area contributed by atoms with Gasteiger partial charge in [0.1, 0.15) is 0 Å². The number of hydrogen-bond donors (Lipinski definition) is 1. The molecule has 0 saturated carbocycles. The minimum absolute atomic E-state index is 0.0249. The lowest BCUT2D eigenvalue weighted by atomic mass is 10.1. The molecule has 1 aromatic carbocycles. The highest BCUT2D eigenvalue weighted by Crippen LogP contribution is 2.24. The molecule has 0 aliphatic carbocycles. The number of rotatable bonds is 3. The monoisotopic (exact) mass is 285 g/mol. The summed E-state index contributed by atoms with van der Waals surface area (Å²) in [4.78, 5) is 15.0. The van der Waals surface area contributed by atoms with Crippen LogP contribution in [0.1, 0.15) is 12.5 Å². The third kappa shape index (κ3) is 2.65. The standard InChI is InChI=1S/C16H20N4O/c1-13(20-9-6-19(7-10-20)8-11-20)16(21)18-15-4-2-14(12-17)3-5-15/h2-5,13H,6-11H2,1H3/p+1/t13-/m0/s1. The quantitative estimate of drug-likeness (QED) is 0.844. The Balaban J connectivity index is 1.68. The van der Waals surface area contributed by atoms with Crippen molar-refractivity contribution < 1.29 is 9.28 Å². The fourth-order valence-electron chi connectivity index (χ4n) is 3.40. The third-order valence-corrected chi connectivity index (χ3v) is 5.07. The molecule has 110 valence electrons. The number of benzene rings is 1. The summed E-state index contributed by atoms with van der Waals surface area (Å²) in [7, 11) is 0. The zero-order valence-electron chi connectivity index (χ0n) is 12.4. The van der Waals surface area contributed by atoms with Gasteiger partial charge in [0.25, 0.3) is 5.91 Å². The van der Waals surface area contributed by atoms with Crippen molar-refractivity contribution in [2.24, 2.45) is 0 Å². The highest BCUT2D eigenvalue weighted by molar-refractivity contribution is 5.93. The fourth-order valence-corrected chi connectivity index (χ4v) is 3.40. The number of nitrogens with one attached hydrogen (secondary N) is 1. The van der Waals surface area contributed by atoms with Crippen molar-refractivity contribution in [2.45, 2.75) is 13.0 Å². The molecule has 4 rings (SSSR count). The molecule has 3 saturated heterocycles. The van der Waals surface area contributed by atoms with E-state index in [1.165, 1.54) is 0 Å². The predicted octanol–water partition coefficient (Wildman–Crippen LogP) is 1.03. The smallest absolute Gasteiger partial charge is 0.282 e. The Morgan fingerprint density at radius 2 is 1.81 bits per heavy atom. The highest BCUT2D eigenvalue weighted by Gasteiger charge is 2.45. The number of amides is 1. The maximum atomic E-state index is 12.5. The van der Waals surface area contributed by atoms with Crippen LogP contribution in [-0.2, 0) is 4.79 Å². The van der Waals surface area contributed by atoms with Gasteiger partial charge in [-0.3, -0.25) is 9.69 Å². The van der Waals surface area contributed by atoms with Gasteiger partial charge in [-0.25, -0.2) is 0 Å². The van der Waals surface area contributed by atoms with Crippen molar-refractivity contribution in [1.29, 1.82) is 5.26 Å². The van der Waals surface area contributed by atoms with Gasteiger partial charge in [-0.1, -0.05) is 0 Å². The Hall–Kier alpha value is -1.90. The topological polar surface area (TPSA) is 56.1 Å². The van der Waals surface area contributed by atoms with Crippen molar-refractivity contribution in [2.75, 3.05) is 44.6 Å². The number of quaternary nitrogens is 1. The zero-order chi connectivity index (χ0) is 14.9. The molecule has 1 atom stereocenters. The van der Waals surface area contributed by atoms with Crippen LogP contribution in [0.15, 0.2) is 24.3 Å². The van der Waals surface area contributed by atoms with E-state index in [9.17, 15) is 4.79 Å². The number of carbonyl (C=O) groups is 1. The minimum Gasteiger partial charge on any atom is -0.321 e. The van der Waals surface area contributed by atoms with Crippen molar-refractivity contribution >= 4 is 11.6 Å². The SMILES string of the molecule is C[C@@H](C(=O)Nc1ccc(C#N)cc1)[N+]12CCN(CC1)CC2. The van der Waals surface area contributed by atoms with Crippen LogP contribution in [0.4, 0.5) is 5.69 Å². The largest absolute Gasteiger partial charge is 0.321 e. The molecule has 21 heavy (non-hydrogen) atoms. The summed E-state index contributed by atoms with van der Waals surface area (Å²) < 4.78 is 0.915. The molecule has 5 nitrogen and oxygen atoms in total. The molecule has 2 bridgehead atoms. The number of fused-ring (bicyclic) bond motifs is 3. The van der Waals surface area contributed by atoms with Crippen LogP contribution >= 0.6 is 0 Å². The van der Waals surface area contributed by atoms with E-state index < -0.39 is 0 Å². The summed E-state index contributed by atoms with van der Waals surface area (Å²) in [5, 5.41) is 11.8. The second-order valence-corrected chi connectivity index (χ2v) is 6.09. The zero-order valence-corrected chi connectivity index (χ0v) is 12.4. The van der Waals surface area contributed by atoms with Gasteiger partial charge in [-0.15, -0.1) is 0 Å². The molecule has 3 heterocycles. The molecule has 1 aromatic rings. The van der Waals surface area contributed by atoms with E-state index in [-0.39, 0.29) is 11.9 Å². The Morgan fingerprint density at radius 3 is 2.33 bits per heavy atom. The van der Waals surface area contributed by atoms with Crippen LogP contribution < -0.4 is 5.32 Å². The van der Waals surface area contributed by atoms with Gasteiger partial charge in [0.2, 0.25) is 0 Å². The van der Waals surface area contributed by atoms with Crippen molar-refractivity contribution in [3.8, 4) is 6.07 Å². The first kappa shape index (κ1) is 14.1. The van der Waals surface area contributed by atoms with Crippen molar-refractivity contribution in [3.05, 3.63) is 29.8 Å². The number of carbonyl (C=O) groups excluding carboxylic acids is 1. The summed E-state index contributed by atoms with van der Waals surface area (Å²) in [5.41, 5.74) is 1.37. The van der Waals surface area contributed by atoms with Crippen LogP contribution in [0.25, 0.3) is 0 Å². The van der Waals surface area contributed by atoms with Crippen LogP contribution in [0.3, 0.4) is 0 Å².